The summed E-state index contributed by atoms with van der Waals surface area (Å²) in [4.78, 5) is 28.3. The lowest BCUT2D eigenvalue weighted by molar-refractivity contribution is -0.118. The van der Waals surface area contributed by atoms with Crippen LogP contribution in [0.2, 0.25) is 0 Å². The van der Waals surface area contributed by atoms with Crippen molar-refractivity contribution in [2.75, 3.05) is 31.5 Å². The molecular formula is C21H21N5O5. The van der Waals surface area contributed by atoms with Gasteiger partial charge in [-0.2, -0.15) is 10.1 Å². The normalized spacial score (nSPS) is 14.9. The highest BCUT2D eigenvalue weighted by Crippen LogP contribution is 2.34. The number of ether oxygens (including phenoxy) is 3. The Hall–Kier alpha value is -4.08. The molecule has 0 saturated heterocycles. The van der Waals surface area contributed by atoms with E-state index in [9.17, 15) is 9.59 Å². The molecule has 10 heteroatoms. The molecule has 3 aromatic rings. The number of aromatic nitrogens is 3. The van der Waals surface area contributed by atoms with Gasteiger partial charge < -0.3 is 19.5 Å². The quantitative estimate of drug-likeness (QED) is 0.599. The maximum atomic E-state index is 12.2. The van der Waals surface area contributed by atoms with Crippen molar-refractivity contribution in [3.63, 3.8) is 0 Å². The van der Waals surface area contributed by atoms with Crippen molar-refractivity contribution in [3.8, 4) is 17.2 Å². The topological polar surface area (TPSA) is 117 Å². The molecule has 0 aliphatic carbocycles. The Morgan fingerprint density at radius 1 is 1.16 bits per heavy atom. The first kappa shape index (κ1) is 20.2. The summed E-state index contributed by atoms with van der Waals surface area (Å²) in [5.74, 6) is 1.51. The fourth-order valence-corrected chi connectivity index (χ4v) is 3.29. The number of hydrogen-bond acceptors (Lipinski definition) is 7. The van der Waals surface area contributed by atoms with Gasteiger partial charge in [-0.15, -0.1) is 0 Å². The summed E-state index contributed by atoms with van der Waals surface area (Å²) in [6.45, 7) is -0.194. The average molecular weight is 423 g/mol. The molecule has 31 heavy (non-hydrogen) atoms. The van der Waals surface area contributed by atoms with Gasteiger partial charge in [-0.1, -0.05) is 6.07 Å². The van der Waals surface area contributed by atoms with Crippen LogP contribution in [0.1, 0.15) is 18.0 Å². The van der Waals surface area contributed by atoms with Crippen LogP contribution < -0.4 is 24.8 Å². The number of carbonyl (C=O) groups is 2. The van der Waals surface area contributed by atoms with Gasteiger partial charge in [0, 0.05) is 5.69 Å². The molecule has 0 fully saturated rings. The van der Waals surface area contributed by atoms with Gasteiger partial charge in [0.25, 0.3) is 5.91 Å². The first-order valence-corrected chi connectivity index (χ1v) is 9.51. The van der Waals surface area contributed by atoms with Crippen LogP contribution in [0.3, 0.4) is 0 Å². The largest absolute Gasteiger partial charge is 0.497 e. The summed E-state index contributed by atoms with van der Waals surface area (Å²) in [5.41, 5.74) is 1.45. The second kappa shape index (κ2) is 8.74. The molecule has 4 rings (SSSR count). The molecular weight excluding hydrogens is 402 g/mol. The fraction of sp³-hybridized carbons (Fsp3) is 0.238. The van der Waals surface area contributed by atoms with Crippen molar-refractivity contribution >= 4 is 23.5 Å². The van der Waals surface area contributed by atoms with Gasteiger partial charge in [0.15, 0.2) is 18.1 Å². The Balaban J connectivity index is 1.44. The number of nitrogens with zero attached hydrogens (tertiary/aromatic N) is 3. The summed E-state index contributed by atoms with van der Waals surface area (Å²) < 4.78 is 17.8. The van der Waals surface area contributed by atoms with Crippen LogP contribution in [0.25, 0.3) is 0 Å². The zero-order chi connectivity index (χ0) is 21.8. The molecule has 0 spiro atoms. The van der Waals surface area contributed by atoms with E-state index in [4.69, 9.17) is 14.2 Å². The van der Waals surface area contributed by atoms with Crippen LogP contribution in [0.5, 0.6) is 17.2 Å². The number of nitrogens with one attached hydrogen (secondary N) is 2. The number of fused-ring (bicyclic) bond motifs is 1. The summed E-state index contributed by atoms with van der Waals surface area (Å²) >= 11 is 0. The van der Waals surface area contributed by atoms with Gasteiger partial charge >= 0.3 is 0 Å². The second-order valence-corrected chi connectivity index (χ2v) is 6.77. The zero-order valence-electron chi connectivity index (χ0n) is 17.0. The average Bonchev–Trinajstić information content (AvgIpc) is 3.26. The molecule has 1 aromatic heterocycles. The van der Waals surface area contributed by atoms with Crippen LogP contribution in [0, 0.1) is 0 Å². The molecule has 10 nitrogen and oxygen atoms in total. The van der Waals surface area contributed by atoms with E-state index >= 15 is 0 Å². The third kappa shape index (κ3) is 4.42. The predicted molar refractivity (Wildman–Crippen MR) is 112 cm³/mol. The van der Waals surface area contributed by atoms with E-state index in [1.165, 1.54) is 13.4 Å². The number of anilines is 2. The highest BCUT2D eigenvalue weighted by atomic mass is 16.5. The van der Waals surface area contributed by atoms with Gasteiger partial charge in [0.2, 0.25) is 11.9 Å². The van der Waals surface area contributed by atoms with Crippen LogP contribution >= 0.6 is 0 Å². The van der Waals surface area contributed by atoms with E-state index in [0.717, 1.165) is 5.56 Å². The van der Waals surface area contributed by atoms with Gasteiger partial charge in [0.05, 0.1) is 26.7 Å². The molecule has 1 atom stereocenters. The molecule has 2 heterocycles. The van der Waals surface area contributed by atoms with E-state index in [2.05, 4.69) is 20.7 Å². The Morgan fingerprint density at radius 2 is 1.97 bits per heavy atom. The first-order chi connectivity index (χ1) is 15.1. The number of hydrogen-bond donors (Lipinski definition) is 2. The van der Waals surface area contributed by atoms with Crippen LogP contribution in [0.4, 0.5) is 11.6 Å². The van der Waals surface area contributed by atoms with Gasteiger partial charge in [-0.3, -0.25) is 14.9 Å². The van der Waals surface area contributed by atoms with Crippen molar-refractivity contribution in [2.45, 2.75) is 12.5 Å². The lowest BCUT2D eigenvalue weighted by atomic mass is 10.0. The molecule has 160 valence electrons. The van der Waals surface area contributed by atoms with Crippen LogP contribution in [-0.2, 0) is 9.59 Å². The SMILES string of the molecule is COc1ccc(NC(=O)COc2ccc([C@H]3CC(=O)Nc4ncnn43)cc2OC)cc1. The smallest absolute Gasteiger partial charge is 0.262 e. The molecule has 2 amide bonds. The number of amides is 2. The molecule has 0 unspecified atom stereocenters. The number of carbonyl (C=O) groups excluding carboxylic acids is 2. The summed E-state index contributed by atoms with van der Waals surface area (Å²) in [5, 5.41) is 9.63. The van der Waals surface area contributed by atoms with Crippen molar-refractivity contribution in [3.05, 3.63) is 54.4 Å². The minimum Gasteiger partial charge on any atom is -0.497 e. The second-order valence-electron chi connectivity index (χ2n) is 6.77. The maximum Gasteiger partial charge on any atom is 0.262 e. The Labute approximate surface area is 178 Å². The summed E-state index contributed by atoms with van der Waals surface area (Å²) in [7, 11) is 3.09. The van der Waals surface area contributed by atoms with Gasteiger partial charge in [-0.25, -0.2) is 4.68 Å². The van der Waals surface area contributed by atoms with E-state index in [1.54, 1.807) is 48.2 Å². The van der Waals surface area contributed by atoms with Crippen molar-refractivity contribution in [2.24, 2.45) is 0 Å². The summed E-state index contributed by atoms with van der Waals surface area (Å²) in [6, 6.07) is 12.0. The van der Waals surface area contributed by atoms with E-state index in [0.29, 0.717) is 28.9 Å². The Bertz CT molecular complexity index is 1100. The van der Waals surface area contributed by atoms with E-state index in [-0.39, 0.29) is 30.9 Å². The molecule has 1 aliphatic rings. The first-order valence-electron chi connectivity index (χ1n) is 9.51. The fourth-order valence-electron chi connectivity index (χ4n) is 3.29. The van der Waals surface area contributed by atoms with E-state index in [1.807, 2.05) is 6.07 Å². The third-order valence-corrected chi connectivity index (χ3v) is 4.80. The van der Waals surface area contributed by atoms with Crippen molar-refractivity contribution in [1.29, 1.82) is 0 Å². The predicted octanol–water partition coefficient (Wildman–Crippen LogP) is 2.24. The highest BCUT2D eigenvalue weighted by molar-refractivity contribution is 5.92. The molecule has 2 aromatic carbocycles. The molecule has 1 aliphatic heterocycles. The van der Waals surface area contributed by atoms with Gasteiger partial charge in [0.1, 0.15) is 12.1 Å². The molecule has 0 radical (unpaired) electrons. The zero-order valence-corrected chi connectivity index (χ0v) is 17.0. The number of benzene rings is 2. The standard InChI is InChI=1S/C21H21N5O5/c1-29-15-6-4-14(5-7-15)24-20(28)11-31-17-8-3-13(9-18(17)30-2)16-10-19(27)25-21-22-12-23-26(16)21/h3-9,12,16H,10-11H2,1-2H3,(H,24,28)(H,22,23,25,27)/t16-/m1/s1. The summed E-state index contributed by atoms with van der Waals surface area (Å²) in [6.07, 6.45) is 1.62. The minimum absolute atomic E-state index is 0.139. The monoisotopic (exact) mass is 423 g/mol. The molecule has 0 saturated carbocycles. The van der Waals surface area contributed by atoms with Crippen molar-refractivity contribution < 1.29 is 23.8 Å². The van der Waals surface area contributed by atoms with Crippen LogP contribution in [-0.4, -0.2) is 47.4 Å². The Morgan fingerprint density at radius 3 is 2.71 bits per heavy atom. The lowest BCUT2D eigenvalue weighted by Crippen LogP contribution is -2.29. The van der Waals surface area contributed by atoms with Crippen LogP contribution in [0.15, 0.2) is 48.8 Å². The minimum atomic E-state index is -0.312. The Kier molecular flexibility index (Phi) is 5.69. The van der Waals surface area contributed by atoms with Gasteiger partial charge in [-0.05, 0) is 42.0 Å². The molecule has 0 bridgehead atoms. The lowest BCUT2D eigenvalue weighted by Gasteiger charge is -2.24. The maximum absolute atomic E-state index is 12.2. The van der Waals surface area contributed by atoms with Crippen molar-refractivity contribution in [1.82, 2.24) is 14.8 Å². The number of rotatable bonds is 7. The third-order valence-electron chi connectivity index (χ3n) is 4.80. The highest BCUT2D eigenvalue weighted by Gasteiger charge is 2.28. The van der Waals surface area contributed by atoms with E-state index < -0.39 is 0 Å². The number of methoxy groups -OCH3 is 2. The molecule has 2 N–H and O–H groups in total.